The molecule has 1 N–H and O–H groups in total. The lowest BCUT2D eigenvalue weighted by Gasteiger charge is -2.33. The molecule has 0 spiro atoms. The Morgan fingerprint density at radius 3 is 2.23 bits per heavy atom. The Hall–Kier alpha value is -2.73. The fraction of sp³-hybridized carbons (Fsp3) is 0.440. The number of hydrogen-bond acceptors (Lipinski definition) is 3. The van der Waals surface area contributed by atoms with Gasteiger partial charge >= 0.3 is 0 Å². The van der Waals surface area contributed by atoms with Crippen molar-refractivity contribution in [3.05, 3.63) is 71.5 Å². The normalized spacial score (nSPS) is 12.1. The second-order valence-electron chi connectivity index (χ2n) is 8.12. The Morgan fingerprint density at radius 2 is 1.65 bits per heavy atom. The van der Waals surface area contributed by atoms with Crippen LogP contribution in [0.5, 0.6) is 0 Å². The molecular weight excluding hydrogens is 395 g/mol. The van der Waals surface area contributed by atoms with E-state index in [-0.39, 0.29) is 36.2 Å². The molecule has 5 nitrogen and oxygen atoms in total. The fourth-order valence-corrected chi connectivity index (χ4v) is 3.22. The number of amides is 2. The molecule has 168 valence electrons. The van der Waals surface area contributed by atoms with Crippen LogP contribution in [0.1, 0.15) is 51.3 Å². The van der Waals surface area contributed by atoms with E-state index in [2.05, 4.69) is 5.32 Å². The summed E-state index contributed by atoms with van der Waals surface area (Å²) in [6.07, 6.45) is 0.823. The molecule has 0 bridgehead atoms. The Bertz CT molecular complexity index is 822. The summed E-state index contributed by atoms with van der Waals surface area (Å²) in [7, 11) is 0. The van der Waals surface area contributed by atoms with Crippen molar-refractivity contribution in [2.45, 2.75) is 52.8 Å². The van der Waals surface area contributed by atoms with Crippen molar-refractivity contribution in [2.75, 3.05) is 13.2 Å². The zero-order chi connectivity index (χ0) is 22.8. The van der Waals surface area contributed by atoms with Crippen molar-refractivity contribution < 1.29 is 18.7 Å². The molecule has 2 amide bonds. The Balaban J connectivity index is 2.27. The highest BCUT2D eigenvalue weighted by molar-refractivity contribution is 5.89. The maximum Gasteiger partial charge on any atom is 0.247 e. The highest BCUT2D eigenvalue weighted by Crippen LogP contribution is 2.25. The number of benzene rings is 2. The van der Waals surface area contributed by atoms with Gasteiger partial charge in [-0.05, 0) is 43.5 Å². The van der Waals surface area contributed by atoms with E-state index in [0.29, 0.717) is 19.6 Å². The van der Waals surface area contributed by atoms with E-state index in [1.54, 1.807) is 17.0 Å². The van der Waals surface area contributed by atoms with Crippen molar-refractivity contribution >= 4 is 11.8 Å². The minimum absolute atomic E-state index is 0.141. The third kappa shape index (κ3) is 7.79. The average molecular weight is 429 g/mol. The molecule has 31 heavy (non-hydrogen) atoms. The predicted octanol–water partition coefficient (Wildman–Crippen LogP) is 4.48. The average Bonchev–Trinajstić information content (AvgIpc) is 2.74. The predicted molar refractivity (Wildman–Crippen MR) is 120 cm³/mol. The lowest BCUT2D eigenvalue weighted by molar-refractivity contribution is -0.144. The number of carbonyl (C=O) groups excluding carboxylic acids is 2. The van der Waals surface area contributed by atoms with Crippen molar-refractivity contribution in [2.24, 2.45) is 5.92 Å². The van der Waals surface area contributed by atoms with Crippen LogP contribution in [0.4, 0.5) is 4.39 Å². The van der Waals surface area contributed by atoms with Gasteiger partial charge in [0.25, 0.3) is 0 Å². The van der Waals surface area contributed by atoms with Gasteiger partial charge in [-0.2, -0.15) is 0 Å². The van der Waals surface area contributed by atoms with E-state index in [1.165, 1.54) is 12.1 Å². The molecular formula is C25H33FN2O3. The number of hydrogen-bond donors (Lipinski definition) is 1. The second-order valence-corrected chi connectivity index (χ2v) is 8.12. The number of nitrogens with one attached hydrogen (secondary N) is 1. The Morgan fingerprint density at radius 1 is 1.00 bits per heavy atom. The number of halogens is 1. The van der Waals surface area contributed by atoms with Crippen molar-refractivity contribution in [1.82, 2.24) is 10.2 Å². The van der Waals surface area contributed by atoms with E-state index in [4.69, 9.17) is 4.74 Å². The first-order valence-electron chi connectivity index (χ1n) is 10.8. The molecule has 0 aliphatic rings. The van der Waals surface area contributed by atoms with Crippen molar-refractivity contribution in [3.8, 4) is 0 Å². The van der Waals surface area contributed by atoms with Crippen LogP contribution in [0.15, 0.2) is 54.6 Å². The SMILES string of the molecule is CC(C)OCCCNC(=O)[C@H](c1ccccc1)N(Cc1ccc(F)cc1)C(=O)C(C)C. The van der Waals surface area contributed by atoms with Gasteiger partial charge in [-0.1, -0.05) is 56.3 Å². The molecule has 0 aliphatic carbocycles. The Kier molecular flexibility index (Phi) is 9.66. The first-order chi connectivity index (χ1) is 14.8. The molecule has 1 atom stereocenters. The van der Waals surface area contributed by atoms with E-state index in [1.807, 2.05) is 58.0 Å². The summed E-state index contributed by atoms with van der Waals surface area (Å²) in [6.45, 7) is 8.77. The Labute approximate surface area is 184 Å². The molecule has 0 radical (unpaired) electrons. The zero-order valence-electron chi connectivity index (χ0n) is 18.8. The lowest BCUT2D eigenvalue weighted by Crippen LogP contribution is -2.45. The lowest BCUT2D eigenvalue weighted by atomic mass is 10.0. The summed E-state index contributed by atoms with van der Waals surface area (Å²) in [5, 5.41) is 2.95. The highest BCUT2D eigenvalue weighted by Gasteiger charge is 2.32. The third-order valence-corrected chi connectivity index (χ3v) is 4.79. The standard InChI is InChI=1S/C25H33FN2O3/c1-18(2)25(30)28(17-20-11-13-22(26)14-12-20)23(21-9-6-5-7-10-21)24(29)27-15-8-16-31-19(3)4/h5-7,9-14,18-19,23H,8,15-17H2,1-4H3,(H,27,29)/t23-/m0/s1. The quantitative estimate of drug-likeness (QED) is 0.537. The van der Waals surface area contributed by atoms with E-state index < -0.39 is 6.04 Å². The maximum absolute atomic E-state index is 13.4. The van der Waals surface area contributed by atoms with Gasteiger partial charge in [-0.15, -0.1) is 0 Å². The maximum atomic E-state index is 13.4. The van der Waals surface area contributed by atoms with Crippen LogP contribution in [-0.2, 0) is 20.9 Å². The van der Waals surface area contributed by atoms with Crippen LogP contribution in [0.3, 0.4) is 0 Å². The van der Waals surface area contributed by atoms with Crippen LogP contribution in [0, 0.1) is 11.7 Å². The van der Waals surface area contributed by atoms with Gasteiger partial charge in [-0.25, -0.2) is 4.39 Å². The van der Waals surface area contributed by atoms with Crippen molar-refractivity contribution in [1.29, 1.82) is 0 Å². The molecule has 2 aromatic rings. The summed E-state index contributed by atoms with van der Waals surface area (Å²) in [5.74, 6) is -1.02. The number of carbonyl (C=O) groups is 2. The van der Waals surface area contributed by atoms with Gasteiger partial charge in [0.15, 0.2) is 0 Å². The van der Waals surface area contributed by atoms with Gasteiger partial charge in [0.1, 0.15) is 11.9 Å². The first-order valence-corrected chi connectivity index (χ1v) is 10.8. The summed E-state index contributed by atoms with van der Waals surface area (Å²) in [6, 6.07) is 14.5. The molecule has 0 fully saturated rings. The molecule has 0 aromatic heterocycles. The van der Waals surface area contributed by atoms with Gasteiger partial charge in [0.05, 0.1) is 6.10 Å². The minimum Gasteiger partial charge on any atom is -0.379 e. The van der Waals surface area contributed by atoms with Gasteiger partial charge < -0.3 is 15.0 Å². The number of ether oxygens (including phenoxy) is 1. The number of rotatable bonds is 11. The van der Waals surface area contributed by atoms with Crippen LogP contribution in [-0.4, -0.2) is 36.0 Å². The molecule has 0 saturated carbocycles. The van der Waals surface area contributed by atoms with Gasteiger partial charge in [0.2, 0.25) is 11.8 Å². The number of nitrogens with zero attached hydrogens (tertiary/aromatic N) is 1. The largest absolute Gasteiger partial charge is 0.379 e. The summed E-state index contributed by atoms with van der Waals surface area (Å²) < 4.78 is 18.9. The van der Waals surface area contributed by atoms with Gasteiger partial charge in [-0.3, -0.25) is 9.59 Å². The van der Waals surface area contributed by atoms with Crippen molar-refractivity contribution in [3.63, 3.8) is 0 Å². The highest BCUT2D eigenvalue weighted by atomic mass is 19.1. The molecule has 0 saturated heterocycles. The smallest absolute Gasteiger partial charge is 0.247 e. The van der Waals surface area contributed by atoms with E-state index >= 15 is 0 Å². The summed E-state index contributed by atoms with van der Waals surface area (Å²) >= 11 is 0. The summed E-state index contributed by atoms with van der Waals surface area (Å²) in [5.41, 5.74) is 1.49. The summed E-state index contributed by atoms with van der Waals surface area (Å²) in [4.78, 5) is 28.0. The second kappa shape index (κ2) is 12.2. The molecule has 0 aliphatic heterocycles. The van der Waals surface area contributed by atoms with E-state index in [0.717, 1.165) is 11.1 Å². The molecule has 6 heteroatoms. The fourth-order valence-electron chi connectivity index (χ4n) is 3.22. The topological polar surface area (TPSA) is 58.6 Å². The third-order valence-electron chi connectivity index (χ3n) is 4.79. The van der Waals surface area contributed by atoms with Crippen LogP contribution >= 0.6 is 0 Å². The monoisotopic (exact) mass is 428 g/mol. The molecule has 2 rings (SSSR count). The minimum atomic E-state index is -0.785. The van der Waals surface area contributed by atoms with Crippen LogP contribution in [0.2, 0.25) is 0 Å². The molecule has 0 unspecified atom stereocenters. The molecule has 2 aromatic carbocycles. The van der Waals surface area contributed by atoms with E-state index in [9.17, 15) is 14.0 Å². The van der Waals surface area contributed by atoms with Crippen LogP contribution in [0.25, 0.3) is 0 Å². The van der Waals surface area contributed by atoms with Gasteiger partial charge in [0, 0.05) is 25.6 Å². The molecule has 0 heterocycles. The first kappa shape index (κ1) is 24.5. The van der Waals surface area contributed by atoms with Crippen LogP contribution < -0.4 is 5.32 Å². The zero-order valence-corrected chi connectivity index (χ0v) is 18.8.